The van der Waals surface area contributed by atoms with Gasteiger partial charge in [-0.05, 0) is 18.4 Å². The highest BCUT2D eigenvalue weighted by atomic mass is 32.2. The first-order chi connectivity index (χ1) is 7.36. The predicted octanol–water partition coefficient (Wildman–Crippen LogP) is 2.38. The highest BCUT2D eigenvalue weighted by molar-refractivity contribution is 7.83. The maximum Gasteiger partial charge on any atom is 0.0950 e. The van der Waals surface area contributed by atoms with E-state index in [9.17, 15) is 4.21 Å². The summed E-state index contributed by atoms with van der Waals surface area (Å²) >= 11 is 0. The van der Waals surface area contributed by atoms with Crippen molar-refractivity contribution in [3.05, 3.63) is 35.9 Å². The summed E-state index contributed by atoms with van der Waals surface area (Å²) in [7, 11) is -0.846. The molecule has 0 aromatic heterocycles. The third kappa shape index (κ3) is 3.14. The molecule has 0 aliphatic heterocycles. The zero-order valence-corrected chi connectivity index (χ0v) is 9.63. The fourth-order valence-corrected chi connectivity index (χ4v) is 3.28. The van der Waals surface area contributed by atoms with Gasteiger partial charge in [0.05, 0.1) is 11.0 Å². The molecule has 1 saturated carbocycles. The molecular weight excluding hydrogens is 206 g/mol. The highest BCUT2D eigenvalue weighted by Crippen LogP contribution is 2.21. The van der Waals surface area contributed by atoms with Crippen LogP contribution in [-0.2, 0) is 17.5 Å². The van der Waals surface area contributed by atoms with Crippen LogP contribution in [0.1, 0.15) is 31.2 Å². The Labute approximate surface area is 93.7 Å². The molecule has 1 aromatic carbocycles. The molecular formula is C12H17NOS. The molecule has 0 saturated heterocycles. The van der Waals surface area contributed by atoms with Gasteiger partial charge >= 0.3 is 0 Å². The fourth-order valence-electron chi connectivity index (χ4n) is 1.97. The van der Waals surface area contributed by atoms with Crippen LogP contribution >= 0.6 is 0 Å². The zero-order chi connectivity index (χ0) is 10.5. The van der Waals surface area contributed by atoms with Gasteiger partial charge in [0.2, 0.25) is 0 Å². The van der Waals surface area contributed by atoms with Crippen LogP contribution in [0.4, 0.5) is 0 Å². The summed E-state index contributed by atoms with van der Waals surface area (Å²) in [6, 6.07) is 10.1. The molecule has 1 atom stereocenters. The van der Waals surface area contributed by atoms with E-state index in [1.807, 2.05) is 18.2 Å². The Morgan fingerprint density at radius 2 is 1.87 bits per heavy atom. The highest BCUT2D eigenvalue weighted by Gasteiger charge is 2.20. The molecule has 1 unspecified atom stereocenters. The average molecular weight is 223 g/mol. The molecule has 82 valence electrons. The Morgan fingerprint density at radius 3 is 2.53 bits per heavy atom. The van der Waals surface area contributed by atoms with E-state index in [1.54, 1.807) is 0 Å². The molecule has 1 N–H and O–H groups in total. The summed E-state index contributed by atoms with van der Waals surface area (Å²) in [5, 5.41) is 0.383. The molecule has 3 heteroatoms. The molecule has 2 nitrogen and oxygen atoms in total. The van der Waals surface area contributed by atoms with Crippen molar-refractivity contribution in [2.45, 2.75) is 37.5 Å². The Bertz CT molecular complexity index is 320. The van der Waals surface area contributed by atoms with Gasteiger partial charge in [0, 0.05) is 11.8 Å². The van der Waals surface area contributed by atoms with Crippen LogP contribution < -0.4 is 4.72 Å². The second-order valence-electron chi connectivity index (χ2n) is 4.01. The normalized spacial score (nSPS) is 19.2. The van der Waals surface area contributed by atoms with Crippen molar-refractivity contribution in [3.8, 4) is 0 Å². The molecule has 0 amide bonds. The van der Waals surface area contributed by atoms with Crippen molar-refractivity contribution in [3.63, 3.8) is 0 Å². The molecule has 0 heterocycles. The van der Waals surface area contributed by atoms with Gasteiger partial charge in [-0.3, -0.25) is 0 Å². The van der Waals surface area contributed by atoms with Crippen LogP contribution in [0.25, 0.3) is 0 Å². The van der Waals surface area contributed by atoms with Gasteiger partial charge < -0.3 is 0 Å². The van der Waals surface area contributed by atoms with Crippen molar-refractivity contribution < 1.29 is 4.21 Å². The van der Waals surface area contributed by atoms with Crippen molar-refractivity contribution in [2.75, 3.05) is 0 Å². The topological polar surface area (TPSA) is 29.1 Å². The van der Waals surface area contributed by atoms with Crippen molar-refractivity contribution in [1.82, 2.24) is 4.72 Å². The minimum Gasteiger partial charge on any atom is -0.243 e. The van der Waals surface area contributed by atoms with Gasteiger partial charge in [-0.25, -0.2) is 8.93 Å². The van der Waals surface area contributed by atoms with Gasteiger partial charge in [-0.1, -0.05) is 43.2 Å². The first-order valence-electron chi connectivity index (χ1n) is 5.54. The van der Waals surface area contributed by atoms with Crippen LogP contribution in [0.5, 0.6) is 0 Å². The van der Waals surface area contributed by atoms with E-state index >= 15 is 0 Å². The van der Waals surface area contributed by atoms with Crippen molar-refractivity contribution in [1.29, 1.82) is 0 Å². The van der Waals surface area contributed by atoms with Crippen LogP contribution in [0.3, 0.4) is 0 Å². The van der Waals surface area contributed by atoms with Gasteiger partial charge in [0.25, 0.3) is 0 Å². The summed E-state index contributed by atoms with van der Waals surface area (Å²) in [5.41, 5.74) is 1.20. The van der Waals surface area contributed by atoms with Crippen molar-refractivity contribution >= 4 is 11.0 Å². The Morgan fingerprint density at radius 1 is 1.20 bits per heavy atom. The van der Waals surface area contributed by atoms with E-state index in [1.165, 1.54) is 18.4 Å². The molecule has 0 radical (unpaired) electrons. The first kappa shape index (κ1) is 10.8. The van der Waals surface area contributed by atoms with E-state index in [0.29, 0.717) is 11.8 Å². The van der Waals surface area contributed by atoms with E-state index in [4.69, 9.17) is 0 Å². The number of nitrogens with one attached hydrogen (secondary N) is 1. The van der Waals surface area contributed by atoms with E-state index < -0.39 is 11.0 Å². The summed E-state index contributed by atoms with van der Waals surface area (Å²) in [4.78, 5) is 0. The van der Waals surface area contributed by atoms with Gasteiger partial charge in [0.15, 0.2) is 0 Å². The molecule has 0 spiro atoms. The second kappa shape index (κ2) is 5.42. The Hall–Kier alpha value is -0.670. The van der Waals surface area contributed by atoms with Crippen LogP contribution in [0.2, 0.25) is 0 Å². The van der Waals surface area contributed by atoms with E-state index in [0.717, 1.165) is 12.8 Å². The zero-order valence-electron chi connectivity index (χ0n) is 8.82. The monoisotopic (exact) mass is 223 g/mol. The Balaban J connectivity index is 1.80. The lowest BCUT2D eigenvalue weighted by atomic mass is 10.2. The van der Waals surface area contributed by atoms with Crippen LogP contribution in [-0.4, -0.2) is 9.46 Å². The second-order valence-corrected chi connectivity index (χ2v) is 5.56. The first-order valence-corrected chi connectivity index (χ1v) is 6.75. The standard InChI is InChI=1S/C12H17NOS/c14-15(12-8-4-5-9-12)13-10-11-6-2-1-3-7-11/h1-3,6-7,12-13H,4-5,8-10H2. The minimum atomic E-state index is -0.846. The maximum atomic E-state index is 11.8. The molecule has 15 heavy (non-hydrogen) atoms. The lowest BCUT2D eigenvalue weighted by molar-refractivity contribution is 0.656. The number of hydrogen-bond acceptors (Lipinski definition) is 1. The molecule has 0 bridgehead atoms. The maximum absolute atomic E-state index is 11.8. The SMILES string of the molecule is O=S(NCc1ccccc1)C1CCCC1. The number of rotatable bonds is 4. The third-order valence-electron chi connectivity index (χ3n) is 2.87. The quantitative estimate of drug-likeness (QED) is 0.834. The molecule has 2 rings (SSSR count). The van der Waals surface area contributed by atoms with Gasteiger partial charge in [0.1, 0.15) is 0 Å². The number of hydrogen-bond donors (Lipinski definition) is 1. The van der Waals surface area contributed by atoms with Crippen molar-refractivity contribution in [2.24, 2.45) is 0 Å². The Kier molecular flexibility index (Phi) is 3.92. The fraction of sp³-hybridized carbons (Fsp3) is 0.500. The lowest BCUT2D eigenvalue weighted by Crippen LogP contribution is -2.25. The summed E-state index contributed by atoms with van der Waals surface area (Å²) in [6.45, 7) is 0.712. The summed E-state index contributed by atoms with van der Waals surface area (Å²) < 4.78 is 14.9. The van der Waals surface area contributed by atoms with Crippen LogP contribution in [0.15, 0.2) is 30.3 Å². The largest absolute Gasteiger partial charge is 0.243 e. The summed E-state index contributed by atoms with van der Waals surface area (Å²) in [5.74, 6) is 0. The molecule has 1 fully saturated rings. The predicted molar refractivity (Wildman–Crippen MR) is 63.7 cm³/mol. The van der Waals surface area contributed by atoms with E-state index in [2.05, 4.69) is 16.9 Å². The van der Waals surface area contributed by atoms with E-state index in [-0.39, 0.29) is 0 Å². The van der Waals surface area contributed by atoms with Gasteiger partial charge in [-0.2, -0.15) is 0 Å². The molecule has 1 aromatic rings. The number of benzene rings is 1. The van der Waals surface area contributed by atoms with Gasteiger partial charge in [-0.15, -0.1) is 0 Å². The average Bonchev–Trinajstić information content (AvgIpc) is 2.81. The summed E-state index contributed by atoms with van der Waals surface area (Å²) in [6.07, 6.45) is 4.72. The minimum absolute atomic E-state index is 0.383. The van der Waals surface area contributed by atoms with Crippen LogP contribution in [0, 0.1) is 0 Å². The molecule has 1 aliphatic rings. The smallest absolute Gasteiger partial charge is 0.0950 e. The third-order valence-corrected chi connectivity index (χ3v) is 4.37. The molecule has 1 aliphatic carbocycles. The lowest BCUT2D eigenvalue weighted by Gasteiger charge is -2.10.